The second-order valence-electron chi connectivity index (χ2n) is 4.25. The highest BCUT2D eigenvalue weighted by atomic mass is 32.2. The van der Waals surface area contributed by atoms with E-state index in [4.69, 9.17) is 9.68 Å². The van der Waals surface area contributed by atoms with Crippen LogP contribution in [0.5, 0.6) is 0 Å². The molecule has 0 aliphatic heterocycles. The van der Waals surface area contributed by atoms with Crippen LogP contribution < -0.4 is 4.72 Å². The number of sulfonamides is 1. The monoisotopic (exact) mass is 299 g/mol. The maximum absolute atomic E-state index is 12.3. The molecule has 1 heterocycles. The molecule has 104 valence electrons. The molecule has 6 nitrogen and oxygen atoms in total. The molecule has 0 radical (unpaired) electrons. The van der Waals surface area contributed by atoms with Crippen LogP contribution in [0.1, 0.15) is 5.56 Å². The van der Waals surface area contributed by atoms with Crippen LogP contribution in [-0.4, -0.2) is 13.4 Å². The topological polar surface area (TPSA) is 96.0 Å². The molecule has 7 heteroatoms. The Bertz CT molecular complexity index is 955. The third-order valence-corrected chi connectivity index (χ3v) is 4.32. The van der Waals surface area contributed by atoms with E-state index in [9.17, 15) is 8.42 Å². The normalized spacial score (nSPS) is 11.2. The molecule has 0 bridgehead atoms. The Kier molecular flexibility index (Phi) is 3.08. The zero-order chi connectivity index (χ0) is 14.9. The van der Waals surface area contributed by atoms with Crippen molar-refractivity contribution in [3.63, 3.8) is 0 Å². The van der Waals surface area contributed by atoms with Crippen molar-refractivity contribution in [3.05, 3.63) is 54.4 Å². The summed E-state index contributed by atoms with van der Waals surface area (Å²) < 4.78 is 32.2. The van der Waals surface area contributed by atoms with Gasteiger partial charge in [0.2, 0.25) is 0 Å². The second kappa shape index (κ2) is 4.92. The zero-order valence-corrected chi connectivity index (χ0v) is 11.5. The number of hydrogen-bond donors (Lipinski definition) is 1. The fourth-order valence-electron chi connectivity index (χ4n) is 1.92. The molecule has 21 heavy (non-hydrogen) atoms. The van der Waals surface area contributed by atoms with Crippen molar-refractivity contribution >= 4 is 26.8 Å². The van der Waals surface area contributed by atoms with Gasteiger partial charge in [0.25, 0.3) is 10.0 Å². The Morgan fingerprint density at radius 2 is 2.00 bits per heavy atom. The van der Waals surface area contributed by atoms with Crippen molar-refractivity contribution in [2.75, 3.05) is 4.72 Å². The van der Waals surface area contributed by atoms with Crippen LogP contribution in [0.2, 0.25) is 0 Å². The van der Waals surface area contributed by atoms with Crippen LogP contribution in [0.3, 0.4) is 0 Å². The predicted octanol–water partition coefficient (Wildman–Crippen LogP) is 2.50. The van der Waals surface area contributed by atoms with Gasteiger partial charge in [-0.1, -0.05) is 12.1 Å². The minimum Gasteiger partial charge on any atom is -0.443 e. The van der Waals surface area contributed by atoms with Gasteiger partial charge >= 0.3 is 0 Å². The van der Waals surface area contributed by atoms with Crippen LogP contribution in [0.4, 0.5) is 5.69 Å². The lowest BCUT2D eigenvalue weighted by molar-refractivity contribution is 0.600. The minimum atomic E-state index is -3.84. The van der Waals surface area contributed by atoms with Gasteiger partial charge in [-0.2, -0.15) is 5.26 Å². The van der Waals surface area contributed by atoms with Crippen LogP contribution >= 0.6 is 0 Å². The molecule has 1 aromatic heterocycles. The van der Waals surface area contributed by atoms with Crippen LogP contribution in [0.25, 0.3) is 11.1 Å². The fraction of sp³-hybridized carbons (Fsp3) is 0. The minimum absolute atomic E-state index is 0.0647. The van der Waals surface area contributed by atoms with Gasteiger partial charge in [0.15, 0.2) is 12.0 Å². The summed E-state index contributed by atoms with van der Waals surface area (Å²) in [4.78, 5) is 3.89. The first-order valence-electron chi connectivity index (χ1n) is 5.95. The molecule has 0 saturated carbocycles. The summed E-state index contributed by atoms with van der Waals surface area (Å²) in [5.41, 5.74) is 1.54. The molecular weight excluding hydrogens is 290 g/mol. The number of fused-ring (bicyclic) bond motifs is 1. The molecule has 0 aliphatic carbocycles. The Morgan fingerprint density at radius 1 is 1.19 bits per heavy atom. The van der Waals surface area contributed by atoms with Crippen molar-refractivity contribution in [3.8, 4) is 6.07 Å². The lowest BCUT2D eigenvalue weighted by atomic mass is 10.2. The number of oxazole rings is 1. The van der Waals surface area contributed by atoms with Crippen LogP contribution in [-0.2, 0) is 10.0 Å². The largest absolute Gasteiger partial charge is 0.443 e. The molecule has 1 N–H and O–H groups in total. The highest BCUT2D eigenvalue weighted by Crippen LogP contribution is 2.22. The zero-order valence-electron chi connectivity index (χ0n) is 10.6. The summed E-state index contributed by atoms with van der Waals surface area (Å²) in [5.74, 6) is 0. The number of hydrogen-bond acceptors (Lipinski definition) is 5. The summed E-state index contributed by atoms with van der Waals surface area (Å²) >= 11 is 0. The predicted molar refractivity (Wildman–Crippen MR) is 76.0 cm³/mol. The van der Waals surface area contributed by atoms with Gasteiger partial charge in [0.1, 0.15) is 16.5 Å². The molecule has 3 aromatic rings. The molecule has 0 amide bonds. The molecule has 0 spiro atoms. The molecule has 2 aromatic carbocycles. The van der Waals surface area contributed by atoms with Gasteiger partial charge in [-0.05, 0) is 24.3 Å². The number of aromatic nitrogens is 1. The third-order valence-electron chi connectivity index (χ3n) is 2.88. The molecule has 0 fully saturated rings. The summed E-state index contributed by atoms with van der Waals surface area (Å²) in [5, 5.41) is 9.00. The maximum atomic E-state index is 12.3. The molecule has 3 rings (SSSR count). The van der Waals surface area contributed by atoms with E-state index in [2.05, 4.69) is 9.71 Å². The van der Waals surface area contributed by atoms with E-state index in [-0.39, 0.29) is 10.5 Å². The summed E-state index contributed by atoms with van der Waals surface area (Å²) in [7, 11) is -3.84. The van der Waals surface area contributed by atoms with Crippen LogP contribution in [0, 0.1) is 11.3 Å². The maximum Gasteiger partial charge on any atom is 0.263 e. The van der Waals surface area contributed by atoms with Gasteiger partial charge in [-0.3, -0.25) is 4.72 Å². The van der Waals surface area contributed by atoms with E-state index >= 15 is 0 Å². The first-order chi connectivity index (χ1) is 10.1. The van der Waals surface area contributed by atoms with E-state index in [1.54, 1.807) is 24.3 Å². The highest BCUT2D eigenvalue weighted by Gasteiger charge is 2.18. The number of anilines is 1. The molecule has 0 aliphatic rings. The quantitative estimate of drug-likeness (QED) is 0.801. The van der Waals surface area contributed by atoms with Gasteiger partial charge in [-0.15, -0.1) is 0 Å². The van der Waals surface area contributed by atoms with E-state index in [1.165, 1.54) is 24.6 Å². The summed E-state index contributed by atoms with van der Waals surface area (Å²) in [6, 6.07) is 12.6. The first kappa shape index (κ1) is 13.1. The lowest BCUT2D eigenvalue weighted by Gasteiger charge is -2.08. The Labute approximate surface area is 120 Å². The molecule has 0 unspecified atom stereocenters. The lowest BCUT2D eigenvalue weighted by Crippen LogP contribution is -2.14. The number of nitrogens with one attached hydrogen (secondary N) is 1. The Hall–Kier alpha value is -2.85. The van der Waals surface area contributed by atoms with Gasteiger partial charge in [0, 0.05) is 6.07 Å². The molecule has 0 saturated heterocycles. The average molecular weight is 299 g/mol. The van der Waals surface area contributed by atoms with Crippen molar-refractivity contribution in [2.24, 2.45) is 0 Å². The van der Waals surface area contributed by atoms with Crippen molar-refractivity contribution in [1.82, 2.24) is 4.98 Å². The second-order valence-corrected chi connectivity index (χ2v) is 5.90. The Morgan fingerprint density at radius 3 is 2.81 bits per heavy atom. The SMILES string of the molecule is N#Cc1ccccc1S(=O)(=O)Nc1ccc2ncoc2c1. The van der Waals surface area contributed by atoms with E-state index < -0.39 is 10.0 Å². The Balaban J connectivity index is 2.01. The van der Waals surface area contributed by atoms with Gasteiger partial charge in [-0.25, -0.2) is 13.4 Å². The fourth-order valence-corrected chi connectivity index (χ4v) is 3.13. The number of rotatable bonds is 3. The number of nitriles is 1. The smallest absolute Gasteiger partial charge is 0.263 e. The standard InChI is InChI=1S/C14H9N3O3S/c15-8-10-3-1-2-4-14(10)21(18,19)17-11-5-6-12-13(7-11)20-9-16-12/h1-7,9,17H. The van der Waals surface area contributed by atoms with Crippen molar-refractivity contribution in [2.45, 2.75) is 4.90 Å². The number of benzene rings is 2. The van der Waals surface area contributed by atoms with Gasteiger partial charge in [0.05, 0.1) is 11.3 Å². The van der Waals surface area contributed by atoms with E-state index in [0.29, 0.717) is 16.8 Å². The van der Waals surface area contributed by atoms with Gasteiger partial charge < -0.3 is 4.42 Å². The van der Waals surface area contributed by atoms with Crippen LogP contribution in [0.15, 0.2) is 58.2 Å². The third kappa shape index (κ3) is 2.44. The highest BCUT2D eigenvalue weighted by molar-refractivity contribution is 7.92. The molecular formula is C14H9N3O3S. The summed E-state index contributed by atoms with van der Waals surface area (Å²) in [6.07, 6.45) is 1.29. The first-order valence-corrected chi connectivity index (χ1v) is 7.44. The van der Waals surface area contributed by atoms with E-state index in [1.807, 2.05) is 6.07 Å². The average Bonchev–Trinajstić information content (AvgIpc) is 2.94. The van der Waals surface area contributed by atoms with Crippen molar-refractivity contribution < 1.29 is 12.8 Å². The van der Waals surface area contributed by atoms with Crippen molar-refractivity contribution in [1.29, 1.82) is 5.26 Å². The summed E-state index contributed by atoms with van der Waals surface area (Å²) in [6.45, 7) is 0. The van der Waals surface area contributed by atoms with E-state index in [0.717, 1.165) is 0 Å². The number of nitrogens with zero attached hydrogens (tertiary/aromatic N) is 2. The molecule has 0 atom stereocenters.